The number of aromatic nitrogens is 2. The number of nitrogens with zero attached hydrogens (tertiary/aromatic N) is 3. The second kappa shape index (κ2) is 13.1. The number of carbonyl (C=O) groups excluding carboxylic acids is 2. The molecule has 0 saturated carbocycles. The lowest BCUT2D eigenvalue weighted by atomic mass is 10.1. The Labute approximate surface area is 226 Å². The lowest BCUT2D eigenvalue weighted by molar-refractivity contribution is -0.132. The molecule has 2 amide bonds. The van der Waals surface area contributed by atoms with Crippen LogP contribution in [-0.4, -0.2) is 45.3 Å². The van der Waals surface area contributed by atoms with Gasteiger partial charge in [0.25, 0.3) is 0 Å². The predicted octanol–water partition coefficient (Wildman–Crippen LogP) is 6.55. The number of hydrogen-bond acceptors (Lipinski definition) is 4. The molecule has 0 unspecified atom stereocenters. The van der Waals surface area contributed by atoms with Gasteiger partial charge in [-0.15, -0.1) is 11.8 Å². The lowest BCUT2D eigenvalue weighted by Crippen LogP contribution is -2.39. The summed E-state index contributed by atoms with van der Waals surface area (Å²) in [6.45, 7) is 2.57. The minimum Gasteiger partial charge on any atom is -0.333 e. The number of benzene rings is 3. The maximum absolute atomic E-state index is 13.2. The summed E-state index contributed by atoms with van der Waals surface area (Å²) in [5.74, 6) is 0.465. The molecular formula is C29H29ClN4O2S. The third-order valence-corrected chi connectivity index (χ3v) is 6.94. The van der Waals surface area contributed by atoms with E-state index in [1.807, 2.05) is 78.9 Å². The maximum Gasteiger partial charge on any atom is 0.245 e. The molecule has 0 spiro atoms. The topological polar surface area (TPSA) is 67.2 Å². The van der Waals surface area contributed by atoms with Crippen LogP contribution in [0.3, 0.4) is 0 Å². The maximum atomic E-state index is 13.2. The van der Waals surface area contributed by atoms with Crippen LogP contribution in [0, 0.1) is 0 Å². The van der Waals surface area contributed by atoms with Crippen molar-refractivity contribution in [3.8, 4) is 16.9 Å². The summed E-state index contributed by atoms with van der Waals surface area (Å²) in [6.07, 6.45) is 1.76. The quantitative estimate of drug-likeness (QED) is 0.222. The Kier molecular flexibility index (Phi) is 9.40. The first-order chi connectivity index (χ1) is 18.0. The molecule has 1 aromatic heterocycles. The van der Waals surface area contributed by atoms with E-state index in [0.717, 1.165) is 34.7 Å². The normalized spacial score (nSPS) is 10.8. The van der Waals surface area contributed by atoms with Crippen molar-refractivity contribution in [1.29, 1.82) is 0 Å². The molecule has 0 aliphatic heterocycles. The van der Waals surface area contributed by atoms with Crippen molar-refractivity contribution in [2.75, 3.05) is 24.2 Å². The first kappa shape index (κ1) is 26.5. The number of anilines is 1. The number of nitrogens with one attached hydrogen (secondary N) is 1. The van der Waals surface area contributed by atoms with E-state index >= 15 is 0 Å². The van der Waals surface area contributed by atoms with E-state index in [4.69, 9.17) is 16.7 Å². The summed E-state index contributed by atoms with van der Waals surface area (Å²) in [4.78, 5) is 28.8. The van der Waals surface area contributed by atoms with Gasteiger partial charge in [-0.25, -0.2) is 4.68 Å². The van der Waals surface area contributed by atoms with Crippen LogP contribution < -0.4 is 5.32 Å². The minimum absolute atomic E-state index is 0.0271. The van der Waals surface area contributed by atoms with E-state index in [9.17, 15) is 9.59 Å². The first-order valence-electron chi connectivity index (χ1n) is 12.2. The van der Waals surface area contributed by atoms with Gasteiger partial charge in [-0.05, 0) is 42.8 Å². The second-order valence-corrected chi connectivity index (χ2v) is 9.97. The number of carbonyl (C=O) groups is 2. The molecule has 190 valence electrons. The number of halogens is 1. The molecule has 6 nitrogen and oxygen atoms in total. The van der Waals surface area contributed by atoms with Crippen molar-refractivity contribution in [3.05, 3.63) is 96.0 Å². The summed E-state index contributed by atoms with van der Waals surface area (Å²) in [5.41, 5.74) is 2.42. The van der Waals surface area contributed by atoms with Crippen LogP contribution in [0.2, 0.25) is 5.02 Å². The van der Waals surface area contributed by atoms with Crippen LogP contribution in [0.5, 0.6) is 0 Å². The zero-order valence-corrected chi connectivity index (χ0v) is 22.2. The van der Waals surface area contributed by atoms with Crippen LogP contribution in [0.15, 0.2) is 95.9 Å². The summed E-state index contributed by atoms with van der Waals surface area (Å²) < 4.78 is 1.68. The third kappa shape index (κ3) is 7.47. The molecule has 4 rings (SSSR count). The molecular weight excluding hydrogens is 504 g/mol. The van der Waals surface area contributed by atoms with Crippen LogP contribution in [0.25, 0.3) is 16.9 Å². The highest BCUT2D eigenvalue weighted by Crippen LogP contribution is 2.25. The molecule has 1 heterocycles. The molecule has 0 aliphatic rings. The standard InChI is InChI=1S/C29H29ClN4O2S/c1-2-3-18-33(29(36)21-37-25-12-8-5-9-13-25)20-28(35)31-27-19-26(22-10-6-4-7-11-22)32-34(27)24-16-14-23(30)15-17-24/h4-17,19H,2-3,18,20-21H2,1H3,(H,31,35). The zero-order valence-electron chi connectivity index (χ0n) is 20.6. The average Bonchev–Trinajstić information content (AvgIpc) is 3.34. The van der Waals surface area contributed by atoms with Crippen molar-refractivity contribution in [1.82, 2.24) is 14.7 Å². The zero-order chi connectivity index (χ0) is 26.0. The molecule has 0 radical (unpaired) electrons. The number of unbranched alkanes of at least 4 members (excludes halogenated alkanes) is 1. The molecule has 37 heavy (non-hydrogen) atoms. The summed E-state index contributed by atoms with van der Waals surface area (Å²) in [6, 6.07) is 28.6. The smallest absolute Gasteiger partial charge is 0.245 e. The SMILES string of the molecule is CCCCN(CC(=O)Nc1cc(-c2ccccc2)nn1-c1ccc(Cl)cc1)C(=O)CSc1ccccc1. The molecule has 8 heteroatoms. The first-order valence-corrected chi connectivity index (χ1v) is 13.6. The Bertz CT molecular complexity index is 1310. The summed E-state index contributed by atoms with van der Waals surface area (Å²) in [7, 11) is 0. The van der Waals surface area contributed by atoms with Gasteiger partial charge in [-0.1, -0.05) is 73.5 Å². The van der Waals surface area contributed by atoms with Gasteiger partial charge in [0, 0.05) is 28.1 Å². The molecule has 0 aliphatic carbocycles. The molecule has 0 atom stereocenters. The number of rotatable bonds is 11. The fraction of sp³-hybridized carbons (Fsp3) is 0.207. The molecule has 4 aromatic rings. The van der Waals surface area contributed by atoms with Crippen molar-refractivity contribution < 1.29 is 9.59 Å². The van der Waals surface area contributed by atoms with Gasteiger partial charge in [0.05, 0.1) is 23.7 Å². The third-order valence-electron chi connectivity index (χ3n) is 5.69. The van der Waals surface area contributed by atoms with Crippen LogP contribution in [0.4, 0.5) is 5.82 Å². The van der Waals surface area contributed by atoms with Crippen molar-refractivity contribution in [2.45, 2.75) is 24.7 Å². The Morgan fingerprint density at radius 3 is 2.32 bits per heavy atom. The van der Waals surface area contributed by atoms with Gasteiger partial charge in [0.2, 0.25) is 11.8 Å². The number of thioether (sulfide) groups is 1. The predicted molar refractivity (Wildman–Crippen MR) is 151 cm³/mol. The van der Waals surface area contributed by atoms with E-state index in [0.29, 0.717) is 17.4 Å². The molecule has 1 N–H and O–H groups in total. The average molecular weight is 533 g/mol. The largest absolute Gasteiger partial charge is 0.333 e. The van der Waals surface area contributed by atoms with E-state index in [1.165, 1.54) is 11.8 Å². The lowest BCUT2D eigenvalue weighted by Gasteiger charge is -2.22. The highest BCUT2D eigenvalue weighted by atomic mass is 35.5. The van der Waals surface area contributed by atoms with E-state index in [-0.39, 0.29) is 24.1 Å². The minimum atomic E-state index is -0.274. The van der Waals surface area contributed by atoms with Crippen molar-refractivity contribution in [3.63, 3.8) is 0 Å². The Balaban J connectivity index is 1.51. The van der Waals surface area contributed by atoms with E-state index in [2.05, 4.69) is 12.2 Å². The Morgan fingerprint density at radius 1 is 0.973 bits per heavy atom. The second-order valence-electron chi connectivity index (χ2n) is 8.49. The van der Waals surface area contributed by atoms with Gasteiger partial charge in [-0.2, -0.15) is 5.10 Å². The van der Waals surface area contributed by atoms with Gasteiger partial charge in [0.1, 0.15) is 5.82 Å². The summed E-state index contributed by atoms with van der Waals surface area (Å²) in [5, 5.41) is 8.33. The fourth-order valence-electron chi connectivity index (χ4n) is 3.75. The molecule has 0 fully saturated rings. The van der Waals surface area contributed by atoms with Crippen LogP contribution >= 0.6 is 23.4 Å². The molecule has 0 saturated heterocycles. The molecule has 3 aromatic carbocycles. The molecule has 0 bridgehead atoms. The highest BCUT2D eigenvalue weighted by molar-refractivity contribution is 8.00. The van der Waals surface area contributed by atoms with Crippen LogP contribution in [-0.2, 0) is 9.59 Å². The van der Waals surface area contributed by atoms with Gasteiger partial charge in [0.15, 0.2) is 0 Å². The van der Waals surface area contributed by atoms with Gasteiger partial charge < -0.3 is 10.2 Å². The highest BCUT2D eigenvalue weighted by Gasteiger charge is 2.19. The number of hydrogen-bond donors (Lipinski definition) is 1. The number of amides is 2. The van der Waals surface area contributed by atoms with Crippen LogP contribution in [0.1, 0.15) is 19.8 Å². The van der Waals surface area contributed by atoms with E-state index < -0.39 is 0 Å². The van der Waals surface area contributed by atoms with Crippen molar-refractivity contribution in [2.24, 2.45) is 0 Å². The monoisotopic (exact) mass is 532 g/mol. The Morgan fingerprint density at radius 2 is 1.65 bits per heavy atom. The summed E-state index contributed by atoms with van der Waals surface area (Å²) >= 11 is 7.55. The fourth-order valence-corrected chi connectivity index (χ4v) is 4.70. The van der Waals surface area contributed by atoms with Gasteiger partial charge in [-0.3, -0.25) is 9.59 Å². The van der Waals surface area contributed by atoms with E-state index in [1.54, 1.807) is 21.7 Å². The van der Waals surface area contributed by atoms with Crippen molar-refractivity contribution >= 4 is 41.0 Å². The Hall–Kier alpha value is -3.55. The van der Waals surface area contributed by atoms with Gasteiger partial charge >= 0.3 is 0 Å².